The fraction of sp³-hybridized carbons (Fsp3) is 0.727. The number of imidazole rings is 1. The molecule has 0 amide bonds. The molecule has 0 aliphatic heterocycles. The number of ether oxygens (including phenoxy) is 1. The predicted octanol–water partition coefficient (Wildman–Crippen LogP) is 2.48. The Morgan fingerprint density at radius 3 is 2.86 bits per heavy atom. The van der Waals surface area contributed by atoms with Crippen molar-refractivity contribution in [2.24, 2.45) is 0 Å². The van der Waals surface area contributed by atoms with Crippen LogP contribution in [0, 0.1) is 0 Å². The molecule has 0 radical (unpaired) electrons. The number of methoxy groups -OCH3 is 1. The smallest absolute Gasteiger partial charge is 0.0945 e. The Labute approximate surface area is 86.1 Å². The van der Waals surface area contributed by atoms with E-state index in [2.05, 4.69) is 16.5 Å². The molecule has 80 valence electrons. The summed E-state index contributed by atoms with van der Waals surface area (Å²) in [5.74, 6) is 0. The van der Waals surface area contributed by atoms with Crippen molar-refractivity contribution in [3.8, 4) is 0 Å². The van der Waals surface area contributed by atoms with E-state index in [4.69, 9.17) is 4.74 Å². The van der Waals surface area contributed by atoms with E-state index in [1.54, 1.807) is 7.11 Å². The zero-order chi connectivity index (χ0) is 10.2. The number of nitrogens with zero attached hydrogens (tertiary/aromatic N) is 2. The Balaban J connectivity index is 2.13. The summed E-state index contributed by atoms with van der Waals surface area (Å²) in [6, 6.07) is 0. The normalized spacial score (nSPS) is 13.0. The molecule has 0 fully saturated rings. The number of hydrogen-bond acceptors (Lipinski definition) is 2. The highest BCUT2D eigenvalue weighted by Crippen LogP contribution is 2.09. The lowest BCUT2D eigenvalue weighted by Gasteiger charge is -2.13. The van der Waals surface area contributed by atoms with Gasteiger partial charge in [-0.15, -0.1) is 0 Å². The van der Waals surface area contributed by atoms with Gasteiger partial charge in [-0.05, 0) is 19.3 Å². The Hall–Kier alpha value is -0.830. The molecule has 0 aliphatic rings. The van der Waals surface area contributed by atoms with Gasteiger partial charge >= 0.3 is 0 Å². The fourth-order valence-corrected chi connectivity index (χ4v) is 1.62. The average molecular weight is 196 g/mol. The van der Waals surface area contributed by atoms with E-state index < -0.39 is 0 Å². The Kier molecular flexibility index (Phi) is 5.30. The summed E-state index contributed by atoms with van der Waals surface area (Å²) >= 11 is 0. The third kappa shape index (κ3) is 3.92. The van der Waals surface area contributed by atoms with Crippen LogP contribution in [0.1, 0.15) is 32.6 Å². The number of aromatic nitrogens is 2. The van der Waals surface area contributed by atoms with Gasteiger partial charge < -0.3 is 9.30 Å². The summed E-state index contributed by atoms with van der Waals surface area (Å²) in [4.78, 5) is 4.01. The van der Waals surface area contributed by atoms with Crippen molar-refractivity contribution in [1.82, 2.24) is 9.55 Å². The van der Waals surface area contributed by atoms with E-state index in [1.165, 1.54) is 12.8 Å². The first-order valence-electron chi connectivity index (χ1n) is 5.35. The van der Waals surface area contributed by atoms with Crippen LogP contribution in [-0.4, -0.2) is 22.8 Å². The molecule has 14 heavy (non-hydrogen) atoms. The fourth-order valence-electron chi connectivity index (χ4n) is 1.62. The monoisotopic (exact) mass is 196 g/mol. The molecular formula is C11H20N2O. The van der Waals surface area contributed by atoms with Crippen molar-refractivity contribution in [3.63, 3.8) is 0 Å². The Morgan fingerprint density at radius 1 is 1.43 bits per heavy atom. The van der Waals surface area contributed by atoms with Gasteiger partial charge in [-0.2, -0.15) is 0 Å². The number of hydrogen-bond donors (Lipinski definition) is 0. The van der Waals surface area contributed by atoms with Crippen LogP contribution in [0.25, 0.3) is 0 Å². The van der Waals surface area contributed by atoms with E-state index in [0.717, 1.165) is 19.4 Å². The lowest BCUT2D eigenvalue weighted by Crippen LogP contribution is -2.11. The first-order chi connectivity index (χ1) is 6.86. The SMILES string of the molecule is CCCC(CCCn1ccnc1)OC. The first-order valence-corrected chi connectivity index (χ1v) is 5.35. The van der Waals surface area contributed by atoms with Gasteiger partial charge in [0.15, 0.2) is 0 Å². The largest absolute Gasteiger partial charge is 0.381 e. The summed E-state index contributed by atoms with van der Waals surface area (Å²) in [7, 11) is 1.80. The summed E-state index contributed by atoms with van der Waals surface area (Å²) in [5, 5.41) is 0. The van der Waals surface area contributed by atoms with Gasteiger partial charge in [0.05, 0.1) is 12.4 Å². The van der Waals surface area contributed by atoms with Gasteiger partial charge in [0.2, 0.25) is 0 Å². The maximum atomic E-state index is 5.39. The van der Waals surface area contributed by atoms with Crippen molar-refractivity contribution in [2.45, 2.75) is 45.3 Å². The van der Waals surface area contributed by atoms with Gasteiger partial charge in [0.1, 0.15) is 0 Å². The van der Waals surface area contributed by atoms with Gasteiger partial charge in [-0.3, -0.25) is 0 Å². The quantitative estimate of drug-likeness (QED) is 0.670. The molecule has 0 N–H and O–H groups in total. The van der Waals surface area contributed by atoms with Crippen molar-refractivity contribution < 1.29 is 4.74 Å². The van der Waals surface area contributed by atoms with E-state index in [9.17, 15) is 0 Å². The number of rotatable bonds is 7. The number of aryl methyl sites for hydroxylation is 1. The second kappa shape index (κ2) is 6.60. The molecule has 1 heterocycles. The highest BCUT2D eigenvalue weighted by atomic mass is 16.5. The minimum atomic E-state index is 0.434. The summed E-state index contributed by atoms with van der Waals surface area (Å²) in [6.07, 6.45) is 10.8. The second-order valence-corrected chi connectivity index (χ2v) is 3.59. The molecule has 3 heteroatoms. The van der Waals surface area contributed by atoms with Gasteiger partial charge in [0, 0.05) is 26.0 Å². The summed E-state index contributed by atoms with van der Waals surface area (Å²) in [5.41, 5.74) is 0. The van der Waals surface area contributed by atoms with E-state index in [0.29, 0.717) is 6.10 Å². The minimum absolute atomic E-state index is 0.434. The van der Waals surface area contributed by atoms with Crippen LogP contribution >= 0.6 is 0 Å². The molecule has 3 nitrogen and oxygen atoms in total. The van der Waals surface area contributed by atoms with Crippen molar-refractivity contribution in [3.05, 3.63) is 18.7 Å². The van der Waals surface area contributed by atoms with Crippen LogP contribution < -0.4 is 0 Å². The van der Waals surface area contributed by atoms with Gasteiger partial charge in [-0.25, -0.2) is 4.98 Å². The van der Waals surface area contributed by atoms with Crippen LogP contribution in [0.3, 0.4) is 0 Å². The zero-order valence-corrected chi connectivity index (χ0v) is 9.15. The lowest BCUT2D eigenvalue weighted by atomic mass is 10.1. The predicted molar refractivity (Wildman–Crippen MR) is 57.2 cm³/mol. The molecule has 0 spiro atoms. The highest BCUT2D eigenvalue weighted by molar-refractivity contribution is 4.73. The molecule has 0 saturated heterocycles. The second-order valence-electron chi connectivity index (χ2n) is 3.59. The maximum absolute atomic E-state index is 5.39. The van der Waals surface area contributed by atoms with Crippen LogP contribution in [0.5, 0.6) is 0 Å². The Morgan fingerprint density at radius 2 is 2.29 bits per heavy atom. The summed E-state index contributed by atoms with van der Waals surface area (Å²) < 4.78 is 7.50. The topological polar surface area (TPSA) is 27.1 Å². The van der Waals surface area contributed by atoms with Crippen LogP contribution in [0.2, 0.25) is 0 Å². The molecule has 1 aromatic heterocycles. The molecular weight excluding hydrogens is 176 g/mol. The molecule has 1 aromatic rings. The van der Waals surface area contributed by atoms with Crippen LogP contribution in [0.15, 0.2) is 18.7 Å². The van der Waals surface area contributed by atoms with Gasteiger partial charge in [0.25, 0.3) is 0 Å². The van der Waals surface area contributed by atoms with Crippen molar-refractivity contribution in [1.29, 1.82) is 0 Å². The minimum Gasteiger partial charge on any atom is -0.381 e. The van der Waals surface area contributed by atoms with Gasteiger partial charge in [-0.1, -0.05) is 13.3 Å². The molecule has 1 unspecified atom stereocenters. The van der Waals surface area contributed by atoms with Crippen molar-refractivity contribution in [2.75, 3.05) is 7.11 Å². The first kappa shape index (κ1) is 11.2. The van der Waals surface area contributed by atoms with Crippen molar-refractivity contribution >= 4 is 0 Å². The maximum Gasteiger partial charge on any atom is 0.0945 e. The van der Waals surface area contributed by atoms with Crippen LogP contribution in [0.4, 0.5) is 0 Å². The third-order valence-corrected chi connectivity index (χ3v) is 2.45. The van der Waals surface area contributed by atoms with E-state index >= 15 is 0 Å². The van der Waals surface area contributed by atoms with E-state index in [1.807, 2.05) is 18.7 Å². The standard InChI is InChI=1S/C11H20N2O/c1-3-5-11(14-2)6-4-8-13-9-7-12-10-13/h7,9-11H,3-6,8H2,1-2H3. The molecule has 0 aromatic carbocycles. The molecule has 0 bridgehead atoms. The molecule has 0 saturated carbocycles. The molecule has 1 rings (SSSR count). The Bertz CT molecular complexity index is 221. The van der Waals surface area contributed by atoms with Crippen LogP contribution in [-0.2, 0) is 11.3 Å². The molecule has 0 aliphatic carbocycles. The third-order valence-electron chi connectivity index (χ3n) is 2.45. The molecule has 1 atom stereocenters. The lowest BCUT2D eigenvalue weighted by molar-refractivity contribution is 0.0845. The zero-order valence-electron chi connectivity index (χ0n) is 9.15. The summed E-state index contributed by atoms with van der Waals surface area (Å²) in [6.45, 7) is 3.24. The highest BCUT2D eigenvalue weighted by Gasteiger charge is 2.04. The van der Waals surface area contributed by atoms with E-state index in [-0.39, 0.29) is 0 Å². The average Bonchev–Trinajstić information content (AvgIpc) is 2.69.